The van der Waals surface area contributed by atoms with Gasteiger partial charge in [-0.05, 0) is 42.7 Å². The van der Waals surface area contributed by atoms with E-state index in [0.717, 1.165) is 5.56 Å². The Kier molecular flexibility index (Phi) is 10.7. The van der Waals surface area contributed by atoms with Crippen LogP contribution in [0.2, 0.25) is 0 Å². The van der Waals surface area contributed by atoms with E-state index in [1.165, 1.54) is 104 Å². The zero-order valence-corrected chi connectivity index (χ0v) is 53.1. The SMILES string of the molecule is Cc1ccc(-c2cc3c(c4ccccc24)c2ccc(C)cc2[c-]3C)cc1.[CH-]=Cc1ccc2c3c4ccccc4c(C)cc3[c-](C)c2c1.[CH3-].[Re].[Rf].[Rf].[Rf]. The topological polar surface area (TPSA) is 0 Å². The first-order chi connectivity index (χ1) is 22.8. The molecule has 0 spiro atoms. The largest absolute Gasteiger partial charge is 0.358 e. The van der Waals surface area contributed by atoms with Crippen molar-refractivity contribution in [3.8, 4) is 11.1 Å². The molecule has 9 aromatic rings. The zero-order chi connectivity index (χ0) is 32.4. The summed E-state index contributed by atoms with van der Waals surface area (Å²) in [7, 11) is 0. The molecule has 1 radical (unpaired) electrons. The Morgan fingerprint density at radius 3 is 1.56 bits per heavy atom. The molecule has 9 rings (SSSR count). The van der Waals surface area contributed by atoms with Crippen LogP contribution < -0.4 is 0 Å². The average Bonchev–Trinajstić information content (AvgIpc) is 3.54. The normalized spacial score (nSPS) is 10.5. The summed E-state index contributed by atoms with van der Waals surface area (Å²) in [5.74, 6) is 0. The Bertz CT molecular complexity index is 2690. The number of hydrogen-bond donors (Lipinski definition) is 0. The van der Waals surface area contributed by atoms with Gasteiger partial charge in [0.2, 0.25) is 0 Å². The van der Waals surface area contributed by atoms with Crippen molar-refractivity contribution in [2.24, 2.45) is 0 Å². The van der Waals surface area contributed by atoms with Gasteiger partial charge < -0.3 is 7.43 Å². The van der Waals surface area contributed by atoms with Crippen LogP contribution in [0.15, 0.2) is 121 Å². The second-order valence-corrected chi connectivity index (χ2v) is 13.2. The molecule has 0 saturated heterocycles. The maximum Gasteiger partial charge on any atom is 0 e. The van der Waals surface area contributed by atoms with Crippen molar-refractivity contribution >= 4 is 70.7 Å². The molecular formula is C48H40ReRf3-4. The number of rotatable bonds is 2. The van der Waals surface area contributed by atoms with Crippen molar-refractivity contribution in [1.29, 1.82) is 0 Å². The molecule has 0 amide bonds. The Morgan fingerprint density at radius 1 is 0.481 bits per heavy atom. The van der Waals surface area contributed by atoms with E-state index in [1.807, 2.05) is 0 Å². The number of hydrogen-bond acceptors (Lipinski definition) is 0. The van der Waals surface area contributed by atoms with Crippen molar-refractivity contribution in [1.82, 2.24) is 0 Å². The quantitative estimate of drug-likeness (QED) is 0.151. The van der Waals surface area contributed by atoms with Crippen LogP contribution in [0, 0.1) is 48.6 Å². The third kappa shape index (κ3) is 5.69. The molecule has 249 valence electrons. The number of fused-ring (bicyclic) bond motifs is 10. The predicted octanol–water partition coefficient (Wildman–Crippen LogP) is 13.8. The predicted molar refractivity (Wildman–Crippen MR) is 213 cm³/mol. The fourth-order valence-electron chi connectivity index (χ4n) is 7.75. The molecule has 0 heterocycles. The van der Waals surface area contributed by atoms with E-state index >= 15 is 0 Å². The molecule has 0 saturated carbocycles. The van der Waals surface area contributed by atoms with E-state index in [9.17, 15) is 0 Å². The maximum atomic E-state index is 5.67. The van der Waals surface area contributed by atoms with Gasteiger partial charge in [-0.2, -0.15) is 12.1 Å². The second kappa shape index (κ2) is 14.4. The van der Waals surface area contributed by atoms with Gasteiger partial charge in [-0.3, -0.25) is 6.58 Å². The van der Waals surface area contributed by atoms with Crippen molar-refractivity contribution in [2.45, 2.75) is 34.6 Å². The molecule has 0 aliphatic carbocycles. The molecule has 0 aliphatic rings. The van der Waals surface area contributed by atoms with Crippen LogP contribution in [0.5, 0.6) is 0 Å². The molecule has 0 aromatic heterocycles. The summed E-state index contributed by atoms with van der Waals surface area (Å²) in [6.07, 6.45) is 1.67. The monoisotopic (exact) mass is 1600 g/mol. The summed E-state index contributed by atoms with van der Waals surface area (Å²) >= 11 is 0. The standard InChI is InChI=1S/C26H21.C21H16.CH3.Re.3Rf/c1-16-8-11-19(12-9-16)25-15-24-18(3)23-14-17(2)10-13-22(23)26(24)21-7-5-4-6-20(21)25;1-4-15-9-10-18-19(12-15)14(3)20-11-13(2)16-7-5-6-8-17(16)21(18)20;;;;;/h4-15H,1-3H3;1,4-12H,2-3H3;1H3;;;;/q-1;-2;-1;;;;. The molecule has 9 aromatic carbocycles. The summed E-state index contributed by atoms with van der Waals surface area (Å²) in [6, 6.07) is 44.4. The van der Waals surface area contributed by atoms with Crippen molar-refractivity contribution in [2.75, 3.05) is 0 Å². The molecule has 0 fully saturated rings. The Hall–Kier alpha value is -7.80. The molecule has 0 N–H and O–H groups in total. The summed E-state index contributed by atoms with van der Waals surface area (Å²) in [5, 5.41) is 16.2. The molecule has 0 nitrogen and oxygen atoms in total. The van der Waals surface area contributed by atoms with Crippen molar-refractivity contribution in [3.63, 3.8) is 0 Å². The summed E-state index contributed by atoms with van der Waals surface area (Å²) in [6.45, 7) is 16.6. The van der Waals surface area contributed by atoms with E-state index in [4.69, 9.17) is 6.58 Å². The summed E-state index contributed by atoms with van der Waals surface area (Å²) < 4.78 is 0. The molecule has 0 unspecified atom stereocenters. The van der Waals surface area contributed by atoms with Gasteiger partial charge in [0, 0.05) is 20.4 Å². The Morgan fingerprint density at radius 2 is 0.962 bits per heavy atom. The molecule has 0 bridgehead atoms. The van der Waals surface area contributed by atoms with Crippen LogP contribution in [0.3, 0.4) is 0 Å². The third-order valence-electron chi connectivity index (χ3n) is 10.2. The first-order valence-electron chi connectivity index (χ1n) is 16.5. The number of benzene rings is 7. The first-order valence-corrected chi connectivity index (χ1v) is 16.5. The van der Waals surface area contributed by atoms with Gasteiger partial charge in [-0.25, -0.2) is 11.6 Å². The van der Waals surface area contributed by atoms with Gasteiger partial charge in [0.15, 0.2) is 0 Å². The van der Waals surface area contributed by atoms with Gasteiger partial charge in [-0.1, -0.05) is 126 Å². The summed E-state index contributed by atoms with van der Waals surface area (Å²) in [5.41, 5.74) is 10.4. The van der Waals surface area contributed by atoms with Crippen LogP contribution in [-0.2, 0) is 20.4 Å². The fraction of sp³-hybridized carbons (Fsp3) is 0.104. The summed E-state index contributed by atoms with van der Waals surface area (Å²) in [4.78, 5) is 0. The van der Waals surface area contributed by atoms with Gasteiger partial charge in [-0.15, -0.1) is 78.5 Å². The van der Waals surface area contributed by atoms with Crippen LogP contribution in [0.25, 0.3) is 81.8 Å². The van der Waals surface area contributed by atoms with Crippen LogP contribution >= 0.6 is 0 Å². The van der Waals surface area contributed by atoms with Crippen molar-refractivity contribution in [3.05, 3.63) is 169 Å². The molecular weight excluding hydrogens is 1560 g/mol. The molecule has 52 heavy (non-hydrogen) atoms. The average molecular weight is 1600 g/mol. The maximum absolute atomic E-state index is 5.67. The Balaban J connectivity index is 0.000000260. The van der Waals surface area contributed by atoms with Gasteiger partial charge >= 0.3 is 0 Å². The zero-order valence-electron chi connectivity index (χ0n) is 31.2. The second-order valence-electron chi connectivity index (χ2n) is 13.2. The molecule has 0 atom stereocenters. The number of aryl methyl sites for hydroxylation is 5. The van der Waals surface area contributed by atoms with E-state index in [-0.39, 0.29) is 27.8 Å². The van der Waals surface area contributed by atoms with E-state index in [0.29, 0.717) is 0 Å². The van der Waals surface area contributed by atoms with Crippen molar-refractivity contribution < 1.29 is 20.4 Å². The van der Waals surface area contributed by atoms with E-state index < -0.39 is 0 Å². The Labute approximate surface area is 304 Å². The minimum absolute atomic E-state index is 0. The van der Waals surface area contributed by atoms with E-state index in [1.54, 1.807) is 6.08 Å². The van der Waals surface area contributed by atoms with Gasteiger partial charge in [0.25, 0.3) is 0 Å². The third-order valence-corrected chi connectivity index (χ3v) is 10.2. The molecule has 4 heteroatoms. The van der Waals surface area contributed by atoms with E-state index in [2.05, 4.69) is 156 Å². The molecule has 0 aliphatic heterocycles. The smallest absolute Gasteiger partial charge is 0 e. The van der Waals surface area contributed by atoms with Gasteiger partial charge in [0.1, 0.15) is 0 Å². The minimum atomic E-state index is 0. The van der Waals surface area contributed by atoms with Crippen LogP contribution in [-0.4, -0.2) is 0 Å². The van der Waals surface area contributed by atoms with Crippen LogP contribution in [0.4, 0.5) is 0 Å². The fourth-order valence-corrected chi connectivity index (χ4v) is 7.75. The first kappa shape index (κ1) is 38.6. The minimum Gasteiger partial charge on any atom is -0.358 e. The van der Waals surface area contributed by atoms with Gasteiger partial charge in [0.05, 0.1) is 0 Å². The van der Waals surface area contributed by atoms with Crippen LogP contribution in [0.1, 0.15) is 33.4 Å².